The molecule has 1 aromatic rings. The number of nitrogens with one attached hydrogen (secondary N) is 2. The van der Waals surface area contributed by atoms with Gasteiger partial charge in [-0.1, -0.05) is 18.2 Å². The molecule has 5 nitrogen and oxygen atoms in total. The minimum Gasteiger partial charge on any atom is -0.493 e. The molecule has 2 amide bonds. The maximum Gasteiger partial charge on any atom is 0.315 e. The monoisotopic (exact) mass is 236 g/mol. The van der Waals surface area contributed by atoms with Crippen molar-refractivity contribution in [3.05, 3.63) is 29.8 Å². The predicted molar refractivity (Wildman–Crippen MR) is 62.9 cm³/mol. The van der Waals surface area contributed by atoms with Crippen molar-refractivity contribution in [1.82, 2.24) is 10.6 Å². The van der Waals surface area contributed by atoms with Gasteiger partial charge in [0.2, 0.25) is 0 Å². The highest BCUT2D eigenvalue weighted by atomic mass is 16.5. The molecule has 92 valence electrons. The Kier molecular flexibility index (Phi) is 3.82. The Labute approximate surface area is 99.8 Å². The average molecular weight is 236 g/mol. The summed E-state index contributed by atoms with van der Waals surface area (Å²) in [7, 11) is 0. The predicted octanol–water partition coefficient (Wildman–Crippen LogP) is 0.802. The van der Waals surface area contributed by atoms with E-state index in [-0.39, 0.29) is 25.2 Å². The van der Waals surface area contributed by atoms with E-state index in [0.29, 0.717) is 6.61 Å². The first-order valence-corrected chi connectivity index (χ1v) is 5.68. The fourth-order valence-corrected chi connectivity index (χ4v) is 1.87. The lowest BCUT2D eigenvalue weighted by Crippen LogP contribution is -2.40. The zero-order valence-electron chi connectivity index (χ0n) is 9.48. The third kappa shape index (κ3) is 2.88. The lowest BCUT2D eigenvalue weighted by Gasteiger charge is -2.26. The number of amides is 2. The van der Waals surface area contributed by atoms with Crippen LogP contribution in [0.15, 0.2) is 24.3 Å². The van der Waals surface area contributed by atoms with Crippen LogP contribution in [0.25, 0.3) is 0 Å². The van der Waals surface area contributed by atoms with Gasteiger partial charge in [-0.25, -0.2) is 4.79 Å². The van der Waals surface area contributed by atoms with E-state index in [1.165, 1.54) is 0 Å². The quantitative estimate of drug-likeness (QED) is 0.727. The standard InChI is InChI=1S/C12H16N2O3/c15-7-6-13-12(16)14-10-5-8-17-11-4-2-1-3-9(10)11/h1-4,10,15H,5-8H2,(H2,13,14,16)/t10-/m1/s1. The fourth-order valence-electron chi connectivity index (χ4n) is 1.87. The van der Waals surface area contributed by atoms with Crippen LogP contribution in [0, 0.1) is 0 Å². The van der Waals surface area contributed by atoms with Crippen LogP contribution in [0.3, 0.4) is 0 Å². The van der Waals surface area contributed by atoms with Gasteiger partial charge in [-0.2, -0.15) is 0 Å². The number of urea groups is 1. The Morgan fingerprint density at radius 2 is 2.29 bits per heavy atom. The first kappa shape index (κ1) is 11.7. The maximum absolute atomic E-state index is 11.5. The van der Waals surface area contributed by atoms with Crippen LogP contribution in [-0.4, -0.2) is 30.9 Å². The molecule has 0 radical (unpaired) electrons. The number of aliphatic hydroxyl groups is 1. The third-order valence-corrected chi connectivity index (χ3v) is 2.66. The van der Waals surface area contributed by atoms with E-state index in [1.807, 2.05) is 24.3 Å². The van der Waals surface area contributed by atoms with Crippen molar-refractivity contribution in [3.8, 4) is 5.75 Å². The Bertz CT molecular complexity index is 395. The molecule has 1 aliphatic heterocycles. The number of hydrogen-bond acceptors (Lipinski definition) is 3. The third-order valence-electron chi connectivity index (χ3n) is 2.66. The van der Waals surface area contributed by atoms with Gasteiger partial charge in [0.25, 0.3) is 0 Å². The molecule has 2 rings (SSSR count). The molecule has 17 heavy (non-hydrogen) atoms. The minimum absolute atomic E-state index is 0.0290. The molecule has 0 aliphatic carbocycles. The van der Waals surface area contributed by atoms with Crippen molar-refractivity contribution in [2.45, 2.75) is 12.5 Å². The molecule has 0 saturated carbocycles. The van der Waals surface area contributed by atoms with Gasteiger partial charge in [-0.05, 0) is 6.07 Å². The summed E-state index contributed by atoms with van der Waals surface area (Å²) >= 11 is 0. The number of hydrogen-bond donors (Lipinski definition) is 3. The molecule has 3 N–H and O–H groups in total. The van der Waals surface area contributed by atoms with Crippen molar-refractivity contribution in [2.75, 3.05) is 19.8 Å². The van der Waals surface area contributed by atoms with Crippen molar-refractivity contribution >= 4 is 6.03 Å². The summed E-state index contributed by atoms with van der Waals surface area (Å²) in [5.74, 6) is 0.825. The molecule has 0 unspecified atom stereocenters. The molecule has 1 atom stereocenters. The molecule has 5 heteroatoms. The van der Waals surface area contributed by atoms with E-state index in [0.717, 1.165) is 17.7 Å². The van der Waals surface area contributed by atoms with Gasteiger partial charge in [0.05, 0.1) is 19.3 Å². The van der Waals surface area contributed by atoms with Crippen molar-refractivity contribution in [2.24, 2.45) is 0 Å². The second kappa shape index (κ2) is 5.54. The molecule has 1 aromatic carbocycles. The van der Waals surface area contributed by atoms with E-state index >= 15 is 0 Å². The number of rotatable bonds is 3. The SMILES string of the molecule is O=C(NCCO)N[C@@H]1CCOc2ccccc21. The number of benzene rings is 1. The number of fused-ring (bicyclic) bond motifs is 1. The highest BCUT2D eigenvalue weighted by Crippen LogP contribution is 2.31. The molecule has 1 aliphatic rings. The largest absolute Gasteiger partial charge is 0.493 e. The highest BCUT2D eigenvalue weighted by Gasteiger charge is 2.22. The van der Waals surface area contributed by atoms with Crippen LogP contribution in [0.2, 0.25) is 0 Å². The van der Waals surface area contributed by atoms with Gasteiger partial charge in [-0.15, -0.1) is 0 Å². The first-order chi connectivity index (χ1) is 8.31. The minimum atomic E-state index is -0.263. The number of para-hydroxylation sites is 1. The molecule has 0 fully saturated rings. The van der Waals surface area contributed by atoms with Crippen LogP contribution < -0.4 is 15.4 Å². The zero-order chi connectivity index (χ0) is 12.1. The van der Waals surface area contributed by atoms with Crippen LogP contribution in [0.4, 0.5) is 4.79 Å². The van der Waals surface area contributed by atoms with E-state index in [2.05, 4.69) is 10.6 Å². The van der Waals surface area contributed by atoms with E-state index < -0.39 is 0 Å². The summed E-state index contributed by atoms with van der Waals surface area (Å²) in [6.07, 6.45) is 0.754. The highest BCUT2D eigenvalue weighted by molar-refractivity contribution is 5.74. The van der Waals surface area contributed by atoms with Gasteiger partial charge in [0.1, 0.15) is 5.75 Å². The smallest absolute Gasteiger partial charge is 0.315 e. The summed E-state index contributed by atoms with van der Waals surface area (Å²) in [6, 6.07) is 7.39. The molecule has 0 spiro atoms. The average Bonchev–Trinajstić information content (AvgIpc) is 2.37. The Balaban J connectivity index is 2.01. The lowest BCUT2D eigenvalue weighted by molar-refractivity contribution is 0.219. The molecule has 0 saturated heterocycles. The van der Waals surface area contributed by atoms with Crippen LogP contribution in [0.5, 0.6) is 5.75 Å². The maximum atomic E-state index is 11.5. The number of ether oxygens (including phenoxy) is 1. The van der Waals surface area contributed by atoms with Gasteiger partial charge >= 0.3 is 6.03 Å². The van der Waals surface area contributed by atoms with Crippen molar-refractivity contribution < 1.29 is 14.6 Å². The van der Waals surface area contributed by atoms with E-state index in [4.69, 9.17) is 9.84 Å². The van der Waals surface area contributed by atoms with Crippen LogP contribution in [0.1, 0.15) is 18.0 Å². The second-order valence-electron chi connectivity index (χ2n) is 3.85. The Morgan fingerprint density at radius 3 is 3.12 bits per heavy atom. The summed E-state index contributed by atoms with van der Waals surface area (Å²) in [5, 5.41) is 14.1. The number of carbonyl (C=O) groups is 1. The van der Waals surface area contributed by atoms with Gasteiger partial charge in [0.15, 0.2) is 0 Å². The summed E-state index contributed by atoms with van der Waals surface area (Å²) in [6.45, 7) is 0.802. The topological polar surface area (TPSA) is 70.6 Å². The van der Waals surface area contributed by atoms with Crippen LogP contribution >= 0.6 is 0 Å². The summed E-state index contributed by atoms with van der Waals surface area (Å²) in [4.78, 5) is 11.5. The Morgan fingerprint density at radius 1 is 1.47 bits per heavy atom. The second-order valence-corrected chi connectivity index (χ2v) is 3.85. The molecular formula is C12H16N2O3. The van der Waals surface area contributed by atoms with Crippen molar-refractivity contribution in [1.29, 1.82) is 0 Å². The van der Waals surface area contributed by atoms with Gasteiger partial charge in [0, 0.05) is 18.5 Å². The lowest BCUT2D eigenvalue weighted by atomic mass is 10.0. The van der Waals surface area contributed by atoms with Crippen molar-refractivity contribution in [3.63, 3.8) is 0 Å². The number of aliphatic hydroxyl groups excluding tert-OH is 1. The van der Waals surface area contributed by atoms with Crippen LogP contribution in [-0.2, 0) is 0 Å². The Hall–Kier alpha value is -1.75. The molecule has 1 heterocycles. The first-order valence-electron chi connectivity index (χ1n) is 5.68. The zero-order valence-corrected chi connectivity index (χ0v) is 9.48. The van der Waals surface area contributed by atoms with E-state index in [9.17, 15) is 4.79 Å². The molecule has 0 aromatic heterocycles. The number of carbonyl (C=O) groups excluding carboxylic acids is 1. The molecular weight excluding hydrogens is 220 g/mol. The van der Waals surface area contributed by atoms with E-state index in [1.54, 1.807) is 0 Å². The summed E-state index contributed by atoms with van der Waals surface area (Å²) in [5.41, 5.74) is 0.998. The van der Waals surface area contributed by atoms with Gasteiger partial charge < -0.3 is 20.5 Å². The summed E-state index contributed by atoms with van der Waals surface area (Å²) < 4.78 is 5.50. The normalized spacial score (nSPS) is 17.8. The van der Waals surface area contributed by atoms with Gasteiger partial charge in [-0.3, -0.25) is 0 Å². The fraction of sp³-hybridized carbons (Fsp3) is 0.417. The molecule has 0 bridgehead atoms.